The third-order valence-electron chi connectivity index (χ3n) is 2.12. The first-order valence-electron chi connectivity index (χ1n) is 4.92. The van der Waals surface area contributed by atoms with E-state index in [-0.39, 0.29) is 22.7 Å². The number of hydrogen-bond donors (Lipinski definition) is 3. The zero-order valence-corrected chi connectivity index (χ0v) is 9.73. The summed E-state index contributed by atoms with van der Waals surface area (Å²) >= 11 is 5.73. The number of H-pyrrole nitrogens is 1. The Morgan fingerprint density at radius 3 is 2.78 bits per heavy atom. The molecule has 0 radical (unpaired) electrons. The maximum atomic E-state index is 11.8. The van der Waals surface area contributed by atoms with E-state index in [4.69, 9.17) is 11.6 Å². The highest BCUT2D eigenvalue weighted by molar-refractivity contribution is 6.31. The molecule has 0 aliphatic carbocycles. The summed E-state index contributed by atoms with van der Waals surface area (Å²) in [6.45, 7) is 0. The van der Waals surface area contributed by atoms with Crippen LogP contribution in [0.5, 0.6) is 5.75 Å². The van der Waals surface area contributed by atoms with Crippen molar-refractivity contribution >= 4 is 23.3 Å². The Labute approximate surface area is 106 Å². The first-order valence-corrected chi connectivity index (χ1v) is 5.29. The molecule has 0 aliphatic heterocycles. The van der Waals surface area contributed by atoms with Crippen molar-refractivity contribution in [1.29, 1.82) is 0 Å². The molecule has 7 heteroatoms. The number of nitrogens with zero attached hydrogens (tertiary/aromatic N) is 1. The number of aromatic nitrogens is 2. The highest BCUT2D eigenvalue weighted by Gasteiger charge is 2.12. The molecule has 0 bridgehead atoms. The molecule has 6 nitrogen and oxygen atoms in total. The number of phenolic OH excluding ortho intramolecular Hbond substituents is 1. The number of aromatic hydroxyl groups is 1. The maximum Gasteiger partial charge on any atom is 0.264 e. The molecule has 1 heterocycles. The van der Waals surface area contributed by atoms with Gasteiger partial charge in [-0.25, -0.2) is 5.10 Å². The lowest BCUT2D eigenvalue weighted by molar-refractivity contribution is 0.102. The van der Waals surface area contributed by atoms with Crippen LogP contribution in [0.15, 0.2) is 35.1 Å². The number of carbonyl (C=O) groups is 1. The summed E-state index contributed by atoms with van der Waals surface area (Å²) < 4.78 is 0. The van der Waals surface area contributed by atoms with E-state index in [1.165, 1.54) is 30.3 Å². The smallest absolute Gasteiger partial charge is 0.264 e. The number of benzene rings is 1. The van der Waals surface area contributed by atoms with Gasteiger partial charge in [-0.05, 0) is 24.3 Å². The predicted octanol–water partition coefficient (Wildman–Crippen LogP) is 1.38. The lowest BCUT2D eigenvalue weighted by Gasteiger charge is -2.05. The number of hydrogen-bond acceptors (Lipinski definition) is 4. The Hall–Kier alpha value is -2.34. The summed E-state index contributed by atoms with van der Waals surface area (Å²) in [6.07, 6.45) is 0. The van der Waals surface area contributed by atoms with E-state index in [1.54, 1.807) is 0 Å². The summed E-state index contributed by atoms with van der Waals surface area (Å²) in [7, 11) is 0. The van der Waals surface area contributed by atoms with Gasteiger partial charge in [0.2, 0.25) is 0 Å². The lowest BCUT2D eigenvalue weighted by atomic mass is 10.2. The molecule has 0 spiro atoms. The lowest BCUT2D eigenvalue weighted by Crippen LogP contribution is -2.15. The number of phenols is 1. The van der Waals surface area contributed by atoms with Crippen LogP contribution in [0, 0.1) is 0 Å². The minimum Gasteiger partial charge on any atom is -0.507 e. The van der Waals surface area contributed by atoms with Gasteiger partial charge in [0.1, 0.15) is 5.75 Å². The normalized spacial score (nSPS) is 10.1. The van der Waals surface area contributed by atoms with E-state index in [0.29, 0.717) is 5.02 Å². The number of aromatic amines is 1. The number of nitrogens with one attached hydrogen (secondary N) is 2. The monoisotopic (exact) mass is 265 g/mol. The summed E-state index contributed by atoms with van der Waals surface area (Å²) in [5.41, 5.74) is -0.353. The van der Waals surface area contributed by atoms with Crippen LogP contribution in [0.3, 0.4) is 0 Å². The molecule has 2 aromatic rings. The first-order chi connectivity index (χ1) is 8.56. The largest absolute Gasteiger partial charge is 0.507 e. The van der Waals surface area contributed by atoms with Gasteiger partial charge in [-0.1, -0.05) is 11.6 Å². The molecular formula is C11H8ClN3O3. The van der Waals surface area contributed by atoms with Crippen LogP contribution >= 0.6 is 11.6 Å². The molecule has 1 aromatic carbocycles. The van der Waals surface area contributed by atoms with Crippen molar-refractivity contribution in [2.45, 2.75) is 0 Å². The number of rotatable bonds is 2. The highest BCUT2D eigenvalue weighted by atomic mass is 35.5. The second kappa shape index (κ2) is 4.89. The molecule has 1 aromatic heterocycles. The van der Waals surface area contributed by atoms with Crippen molar-refractivity contribution in [3.8, 4) is 5.75 Å². The molecule has 0 atom stereocenters. The maximum absolute atomic E-state index is 11.8. The molecule has 2 rings (SSSR count). The fourth-order valence-electron chi connectivity index (χ4n) is 1.29. The van der Waals surface area contributed by atoms with Crippen LogP contribution in [-0.2, 0) is 0 Å². The van der Waals surface area contributed by atoms with Gasteiger partial charge in [-0.2, -0.15) is 5.10 Å². The van der Waals surface area contributed by atoms with Crippen molar-refractivity contribution in [3.63, 3.8) is 0 Å². The van der Waals surface area contributed by atoms with Gasteiger partial charge in [0.25, 0.3) is 11.5 Å². The quantitative estimate of drug-likeness (QED) is 0.764. The minimum absolute atomic E-state index is 0.0236. The Kier molecular flexibility index (Phi) is 3.29. The topological polar surface area (TPSA) is 95.1 Å². The Morgan fingerprint density at radius 1 is 1.33 bits per heavy atom. The van der Waals surface area contributed by atoms with E-state index in [9.17, 15) is 14.7 Å². The second-order valence-electron chi connectivity index (χ2n) is 3.42. The van der Waals surface area contributed by atoms with Gasteiger partial charge < -0.3 is 10.4 Å². The molecular weight excluding hydrogens is 258 g/mol. The summed E-state index contributed by atoms with van der Waals surface area (Å²) in [6, 6.07) is 6.68. The molecule has 3 N–H and O–H groups in total. The van der Waals surface area contributed by atoms with Gasteiger partial charge in [0.15, 0.2) is 5.82 Å². The van der Waals surface area contributed by atoms with E-state index < -0.39 is 5.91 Å². The number of amides is 1. The second-order valence-corrected chi connectivity index (χ2v) is 3.86. The standard InChI is InChI=1S/C11H8ClN3O3/c12-6-1-2-8(16)7(5-6)11(18)13-9-3-4-10(17)15-14-9/h1-5,16H,(H,15,17)(H,13,14,18). The van der Waals surface area contributed by atoms with Gasteiger partial charge in [-0.15, -0.1) is 0 Å². The molecule has 0 saturated heterocycles. The Bertz CT molecular complexity index is 634. The zero-order valence-electron chi connectivity index (χ0n) is 8.98. The van der Waals surface area contributed by atoms with Crippen LogP contribution in [0.2, 0.25) is 5.02 Å². The average molecular weight is 266 g/mol. The van der Waals surface area contributed by atoms with Crippen molar-refractivity contribution in [1.82, 2.24) is 10.2 Å². The molecule has 0 saturated carbocycles. The Morgan fingerprint density at radius 2 is 2.11 bits per heavy atom. The van der Waals surface area contributed by atoms with Gasteiger partial charge in [-0.3, -0.25) is 9.59 Å². The SMILES string of the molecule is O=C(Nc1ccc(=O)[nH]n1)c1cc(Cl)ccc1O. The first kappa shape index (κ1) is 12.1. The van der Waals surface area contributed by atoms with Crippen LogP contribution < -0.4 is 10.9 Å². The fraction of sp³-hybridized carbons (Fsp3) is 0. The fourth-order valence-corrected chi connectivity index (χ4v) is 1.46. The highest BCUT2D eigenvalue weighted by Crippen LogP contribution is 2.22. The zero-order chi connectivity index (χ0) is 13.1. The summed E-state index contributed by atoms with van der Waals surface area (Å²) in [4.78, 5) is 22.6. The van der Waals surface area contributed by atoms with E-state index in [1.807, 2.05) is 0 Å². The van der Waals surface area contributed by atoms with Gasteiger partial charge in [0, 0.05) is 11.1 Å². The van der Waals surface area contributed by atoms with E-state index >= 15 is 0 Å². The summed E-state index contributed by atoms with van der Waals surface area (Å²) in [5, 5.41) is 18.1. The molecule has 0 aliphatic rings. The van der Waals surface area contributed by atoms with Crippen LogP contribution in [0.4, 0.5) is 5.82 Å². The van der Waals surface area contributed by atoms with Crippen LogP contribution in [-0.4, -0.2) is 21.2 Å². The van der Waals surface area contributed by atoms with Crippen molar-refractivity contribution < 1.29 is 9.90 Å². The van der Waals surface area contributed by atoms with Crippen LogP contribution in [0.1, 0.15) is 10.4 Å². The third-order valence-corrected chi connectivity index (χ3v) is 2.36. The molecule has 1 amide bonds. The Balaban J connectivity index is 2.24. The number of halogens is 1. The molecule has 0 fully saturated rings. The average Bonchev–Trinajstić information content (AvgIpc) is 2.35. The van der Waals surface area contributed by atoms with Crippen molar-refractivity contribution in [3.05, 3.63) is 51.3 Å². The van der Waals surface area contributed by atoms with E-state index in [0.717, 1.165) is 0 Å². The predicted molar refractivity (Wildman–Crippen MR) is 65.9 cm³/mol. The molecule has 18 heavy (non-hydrogen) atoms. The van der Waals surface area contributed by atoms with Crippen molar-refractivity contribution in [2.75, 3.05) is 5.32 Å². The van der Waals surface area contributed by atoms with E-state index in [2.05, 4.69) is 15.5 Å². The summed E-state index contributed by atoms with van der Waals surface area (Å²) in [5.74, 6) is -0.602. The van der Waals surface area contributed by atoms with Gasteiger partial charge in [0.05, 0.1) is 5.56 Å². The number of anilines is 1. The van der Waals surface area contributed by atoms with Gasteiger partial charge >= 0.3 is 0 Å². The van der Waals surface area contributed by atoms with Crippen molar-refractivity contribution in [2.24, 2.45) is 0 Å². The van der Waals surface area contributed by atoms with Crippen LogP contribution in [0.25, 0.3) is 0 Å². The third kappa shape index (κ3) is 2.67. The molecule has 0 unspecified atom stereocenters. The molecule has 92 valence electrons. The minimum atomic E-state index is -0.574. The number of carbonyl (C=O) groups excluding carboxylic acids is 1.